The van der Waals surface area contributed by atoms with Gasteiger partial charge in [-0.2, -0.15) is 0 Å². The molecule has 0 aliphatic carbocycles. The van der Waals surface area contributed by atoms with Crippen molar-refractivity contribution in [3.8, 4) is 0 Å². The van der Waals surface area contributed by atoms with Gasteiger partial charge in [0.2, 0.25) is 0 Å². The highest BCUT2D eigenvalue weighted by Gasteiger charge is 2.26. The van der Waals surface area contributed by atoms with E-state index < -0.39 is 11.6 Å². The van der Waals surface area contributed by atoms with E-state index >= 15 is 0 Å². The van der Waals surface area contributed by atoms with Crippen LogP contribution in [0.15, 0.2) is 30.3 Å². The molecule has 1 rings (SSSR count). The minimum absolute atomic E-state index is 0.542. The van der Waals surface area contributed by atoms with Crippen molar-refractivity contribution in [2.45, 2.75) is 25.5 Å². The molecule has 0 fully saturated rings. The van der Waals surface area contributed by atoms with E-state index in [1.807, 2.05) is 37.3 Å². The Labute approximate surface area is 73.0 Å². The van der Waals surface area contributed by atoms with Crippen LogP contribution in [0.1, 0.15) is 19.4 Å². The average molecular weight is 165 g/mol. The lowest BCUT2D eigenvalue weighted by atomic mass is 9.88. The van der Waals surface area contributed by atoms with Crippen LogP contribution in [-0.4, -0.2) is 11.2 Å². The van der Waals surface area contributed by atoms with Crippen molar-refractivity contribution >= 4 is 0 Å². The van der Waals surface area contributed by atoms with Crippen molar-refractivity contribution in [1.29, 1.82) is 0 Å². The van der Waals surface area contributed by atoms with Crippen molar-refractivity contribution in [2.24, 2.45) is 5.73 Å². The molecule has 0 aromatic heterocycles. The first-order chi connectivity index (χ1) is 5.55. The van der Waals surface area contributed by atoms with Gasteiger partial charge < -0.3 is 10.8 Å². The molecular weight excluding hydrogens is 150 g/mol. The quantitative estimate of drug-likeness (QED) is 0.692. The smallest absolute Gasteiger partial charge is 0.0730 e. The van der Waals surface area contributed by atoms with E-state index in [1.54, 1.807) is 6.92 Å². The van der Waals surface area contributed by atoms with E-state index in [9.17, 15) is 5.11 Å². The van der Waals surface area contributed by atoms with E-state index in [1.165, 1.54) is 0 Å². The van der Waals surface area contributed by atoms with Gasteiger partial charge >= 0.3 is 0 Å². The molecule has 0 spiro atoms. The van der Waals surface area contributed by atoms with Crippen LogP contribution in [-0.2, 0) is 5.54 Å². The van der Waals surface area contributed by atoms with Crippen molar-refractivity contribution in [3.05, 3.63) is 35.9 Å². The lowest BCUT2D eigenvalue weighted by molar-refractivity contribution is 0.111. The zero-order valence-corrected chi connectivity index (χ0v) is 7.49. The highest BCUT2D eigenvalue weighted by atomic mass is 16.3. The predicted octanol–water partition coefficient (Wildman–Crippen LogP) is 1.24. The molecule has 2 nitrogen and oxygen atoms in total. The number of nitrogens with two attached hydrogens (primary N) is 1. The molecule has 0 aliphatic rings. The summed E-state index contributed by atoms with van der Waals surface area (Å²) in [6, 6.07) is 9.62. The molecule has 1 aromatic rings. The molecule has 2 atom stereocenters. The number of benzene rings is 1. The molecule has 1 aromatic carbocycles. The van der Waals surface area contributed by atoms with Crippen LogP contribution in [0, 0.1) is 0 Å². The van der Waals surface area contributed by atoms with Crippen LogP contribution >= 0.6 is 0 Å². The highest BCUT2D eigenvalue weighted by Crippen LogP contribution is 2.20. The fourth-order valence-electron chi connectivity index (χ4n) is 1.04. The molecule has 0 aliphatic heterocycles. The molecule has 66 valence electrons. The van der Waals surface area contributed by atoms with Crippen molar-refractivity contribution in [3.63, 3.8) is 0 Å². The summed E-state index contributed by atoms with van der Waals surface area (Å²) in [6.45, 7) is 3.53. The van der Waals surface area contributed by atoms with Gasteiger partial charge in [-0.15, -0.1) is 0 Å². The topological polar surface area (TPSA) is 46.2 Å². The molecule has 0 bridgehead atoms. The van der Waals surface area contributed by atoms with Crippen LogP contribution in [0.25, 0.3) is 0 Å². The predicted molar refractivity (Wildman–Crippen MR) is 49.7 cm³/mol. The third-order valence-electron chi connectivity index (χ3n) is 2.26. The van der Waals surface area contributed by atoms with E-state index in [2.05, 4.69) is 0 Å². The maximum atomic E-state index is 9.41. The van der Waals surface area contributed by atoms with Crippen LogP contribution in [0.5, 0.6) is 0 Å². The summed E-state index contributed by atoms with van der Waals surface area (Å²) in [5.74, 6) is 0. The summed E-state index contributed by atoms with van der Waals surface area (Å²) in [6.07, 6.45) is -0.542. The van der Waals surface area contributed by atoms with Crippen LogP contribution < -0.4 is 5.73 Å². The minimum atomic E-state index is -0.652. The molecule has 0 heterocycles. The molecule has 3 N–H and O–H groups in total. The Balaban J connectivity index is 2.98. The summed E-state index contributed by atoms with van der Waals surface area (Å²) in [5.41, 5.74) is 6.24. The van der Waals surface area contributed by atoms with Gasteiger partial charge in [0, 0.05) is 0 Å². The molecule has 0 saturated carbocycles. The fraction of sp³-hybridized carbons (Fsp3) is 0.400. The average Bonchev–Trinajstić information content (AvgIpc) is 2.06. The van der Waals surface area contributed by atoms with E-state index in [0.717, 1.165) is 5.56 Å². The number of hydrogen-bond acceptors (Lipinski definition) is 2. The van der Waals surface area contributed by atoms with Gasteiger partial charge in [-0.25, -0.2) is 0 Å². The summed E-state index contributed by atoms with van der Waals surface area (Å²) in [4.78, 5) is 0. The SMILES string of the molecule is CC(O)C(C)(N)c1ccccc1. The summed E-state index contributed by atoms with van der Waals surface area (Å²) >= 11 is 0. The Hall–Kier alpha value is -0.860. The van der Waals surface area contributed by atoms with Crippen molar-refractivity contribution in [1.82, 2.24) is 0 Å². The second kappa shape index (κ2) is 3.25. The summed E-state index contributed by atoms with van der Waals surface area (Å²) in [5, 5.41) is 9.41. The Morgan fingerprint density at radius 2 is 1.83 bits per heavy atom. The first-order valence-electron chi connectivity index (χ1n) is 4.07. The standard InChI is InChI=1S/C10H15NO/c1-8(12)10(2,11)9-6-4-3-5-7-9/h3-8,12H,11H2,1-2H3. The largest absolute Gasteiger partial charge is 0.391 e. The Morgan fingerprint density at radius 3 is 2.25 bits per heavy atom. The zero-order chi connectivity index (χ0) is 9.19. The highest BCUT2D eigenvalue weighted by molar-refractivity contribution is 5.24. The van der Waals surface area contributed by atoms with E-state index in [0.29, 0.717) is 0 Å². The Kier molecular flexibility index (Phi) is 2.50. The normalized spacial score (nSPS) is 18.3. The van der Waals surface area contributed by atoms with Gasteiger partial charge in [0.1, 0.15) is 0 Å². The monoisotopic (exact) mass is 165 g/mol. The van der Waals surface area contributed by atoms with E-state index in [4.69, 9.17) is 5.73 Å². The summed E-state index contributed by atoms with van der Waals surface area (Å²) in [7, 11) is 0. The van der Waals surface area contributed by atoms with Gasteiger partial charge in [0.25, 0.3) is 0 Å². The van der Waals surface area contributed by atoms with Crippen molar-refractivity contribution in [2.75, 3.05) is 0 Å². The maximum absolute atomic E-state index is 9.41. The molecule has 12 heavy (non-hydrogen) atoms. The van der Waals surface area contributed by atoms with Gasteiger partial charge in [0.15, 0.2) is 0 Å². The molecule has 0 radical (unpaired) electrons. The first kappa shape index (κ1) is 9.23. The lowest BCUT2D eigenvalue weighted by Gasteiger charge is -2.28. The molecular formula is C10H15NO. The van der Waals surface area contributed by atoms with Gasteiger partial charge in [0.05, 0.1) is 11.6 Å². The third kappa shape index (κ3) is 1.65. The molecule has 2 unspecified atom stereocenters. The van der Waals surface area contributed by atoms with Gasteiger partial charge in [-0.05, 0) is 19.4 Å². The number of rotatable bonds is 2. The maximum Gasteiger partial charge on any atom is 0.0730 e. The van der Waals surface area contributed by atoms with Crippen LogP contribution in [0.3, 0.4) is 0 Å². The van der Waals surface area contributed by atoms with Gasteiger partial charge in [-0.1, -0.05) is 30.3 Å². The van der Waals surface area contributed by atoms with E-state index in [-0.39, 0.29) is 0 Å². The van der Waals surface area contributed by atoms with Crippen molar-refractivity contribution < 1.29 is 5.11 Å². The third-order valence-corrected chi connectivity index (χ3v) is 2.26. The second-order valence-electron chi connectivity index (χ2n) is 3.32. The molecule has 2 heteroatoms. The molecule has 0 saturated heterocycles. The zero-order valence-electron chi connectivity index (χ0n) is 7.49. The lowest BCUT2D eigenvalue weighted by Crippen LogP contribution is -2.43. The first-order valence-corrected chi connectivity index (χ1v) is 4.07. The van der Waals surface area contributed by atoms with Crippen LogP contribution in [0.2, 0.25) is 0 Å². The van der Waals surface area contributed by atoms with Crippen LogP contribution in [0.4, 0.5) is 0 Å². The number of aliphatic hydroxyl groups excluding tert-OH is 1. The Bertz CT molecular complexity index is 241. The number of aliphatic hydroxyl groups is 1. The second-order valence-corrected chi connectivity index (χ2v) is 3.32. The number of hydrogen-bond donors (Lipinski definition) is 2. The Morgan fingerprint density at radius 1 is 1.33 bits per heavy atom. The summed E-state index contributed by atoms with van der Waals surface area (Å²) < 4.78 is 0. The van der Waals surface area contributed by atoms with Gasteiger partial charge in [-0.3, -0.25) is 0 Å². The minimum Gasteiger partial charge on any atom is -0.391 e. The fourth-order valence-corrected chi connectivity index (χ4v) is 1.04. The molecule has 0 amide bonds.